The number of nitrogens with two attached hydrogens (primary N) is 1. The lowest BCUT2D eigenvalue weighted by Crippen LogP contribution is -2.46. The van der Waals surface area contributed by atoms with E-state index in [1.54, 1.807) is 0 Å². The zero-order chi connectivity index (χ0) is 14.4. The van der Waals surface area contributed by atoms with Gasteiger partial charge in [-0.3, -0.25) is 0 Å². The van der Waals surface area contributed by atoms with Gasteiger partial charge in [0.15, 0.2) is 0 Å². The van der Waals surface area contributed by atoms with Gasteiger partial charge in [-0.15, -0.1) is 0 Å². The van der Waals surface area contributed by atoms with Crippen molar-refractivity contribution in [3.05, 3.63) is 35.9 Å². The van der Waals surface area contributed by atoms with Crippen LogP contribution in [0.5, 0.6) is 0 Å². The van der Waals surface area contributed by atoms with Crippen LogP contribution in [0.4, 0.5) is 0 Å². The second kappa shape index (κ2) is 7.63. The lowest BCUT2D eigenvalue weighted by atomic mass is 10.00. The average Bonchev–Trinajstić information content (AvgIpc) is 2.38. The van der Waals surface area contributed by atoms with Crippen LogP contribution in [0.15, 0.2) is 30.3 Å². The first-order valence-electron chi connectivity index (χ1n) is 7.09. The molecule has 0 saturated carbocycles. The van der Waals surface area contributed by atoms with E-state index >= 15 is 0 Å². The Labute approximate surface area is 117 Å². The molecule has 3 unspecified atom stereocenters. The molecule has 0 aliphatic heterocycles. The number of nitrogens with zero attached hydrogens (tertiary/aromatic N) is 1. The van der Waals surface area contributed by atoms with E-state index in [0.29, 0.717) is 24.9 Å². The first-order valence-corrected chi connectivity index (χ1v) is 7.09. The highest BCUT2D eigenvalue weighted by atomic mass is 16.3. The maximum Gasteiger partial charge on any atom is 0.0820 e. The number of likely N-dealkylation sites (N-methyl/N-ethyl adjacent to an activating group) is 1. The minimum absolute atomic E-state index is 0.218. The van der Waals surface area contributed by atoms with E-state index in [9.17, 15) is 5.11 Å². The van der Waals surface area contributed by atoms with Crippen molar-refractivity contribution in [1.29, 1.82) is 0 Å². The van der Waals surface area contributed by atoms with Crippen LogP contribution in [0, 0.1) is 5.92 Å². The van der Waals surface area contributed by atoms with Crippen molar-refractivity contribution in [2.75, 3.05) is 13.6 Å². The monoisotopic (exact) mass is 264 g/mol. The van der Waals surface area contributed by atoms with E-state index in [4.69, 9.17) is 5.73 Å². The van der Waals surface area contributed by atoms with Crippen LogP contribution in [0.25, 0.3) is 0 Å². The molecule has 3 heteroatoms. The standard InChI is InChI=1S/C16H28N2O/c1-12(2)13(3)18(4)11-16(19)15(17)10-14-8-6-5-7-9-14/h5-9,12-13,15-16,19H,10-11,17H2,1-4H3. The number of aliphatic hydroxyl groups is 1. The molecule has 3 N–H and O–H groups in total. The van der Waals surface area contributed by atoms with Crippen LogP contribution in [0.1, 0.15) is 26.3 Å². The molecular weight excluding hydrogens is 236 g/mol. The summed E-state index contributed by atoms with van der Waals surface area (Å²) in [6, 6.07) is 10.3. The number of rotatable bonds is 7. The molecular formula is C16H28N2O. The summed E-state index contributed by atoms with van der Waals surface area (Å²) >= 11 is 0. The van der Waals surface area contributed by atoms with Gasteiger partial charge in [0.2, 0.25) is 0 Å². The van der Waals surface area contributed by atoms with Gasteiger partial charge in [0.05, 0.1) is 6.10 Å². The molecule has 0 spiro atoms. The van der Waals surface area contributed by atoms with Gasteiger partial charge < -0.3 is 15.7 Å². The van der Waals surface area contributed by atoms with Crippen molar-refractivity contribution in [2.45, 2.75) is 45.4 Å². The van der Waals surface area contributed by atoms with Crippen molar-refractivity contribution < 1.29 is 5.11 Å². The summed E-state index contributed by atoms with van der Waals surface area (Å²) in [4.78, 5) is 2.18. The Hall–Kier alpha value is -0.900. The van der Waals surface area contributed by atoms with E-state index in [0.717, 1.165) is 0 Å². The Bertz CT molecular complexity index is 353. The minimum atomic E-state index is -0.494. The fraction of sp³-hybridized carbons (Fsp3) is 0.625. The number of benzene rings is 1. The molecule has 0 radical (unpaired) electrons. The third kappa shape index (κ3) is 5.31. The molecule has 19 heavy (non-hydrogen) atoms. The predicted molar refractivity (Wildman–Crippen MR) is 81.1 cm³/mol. The van der Waals surface area contributed by atoms with Crippen LogP contribution in [0.3, 0.4) is 0 Å². The van der Waals surface area contributed by atoms with Crippen LogP contribution in [-0.4, -0.2) is 41.8 Å². The van der Waals surface area contributed by atoms with Crippen molar-refractivity contribution in [2.24, 2.45) is 11.7 Å². The van der Waals surface area contributed by atoms with Gasteiger partial charge in [-0.1, -0.05) is 44.2 Å². The van der Waals surface area contributed by atoms with Gasteiger partial charge in [-0.25, -0.2) is 0 Å². The molecule has 0 aromatic heterocycles. The largest absolute Gasteiger partial charge is 0.390 e. The van der Waals surface area contributed by atoms with E-state index in [1.807, 2.05) is 37.4 Å². The highest BCUT2D eigenvalue weighted by Crippen LogP contribution is 2.10. The fourth-order valence-corrected chi connectivity index (χ4v) is 2.13. The summed E-state index contributed by atoms with van der Waals surface area (Å²) in [5.41, 5.74) is 7.27. The Kier molecular flexibility index (Phi) is 6.49. The second-order valence-electron chi connectivity index (χ2n) is 5.85. The highest BCUT2D eigenvalue weighted by Gasteiger charge is 2.20. The molecule has 0 saturated heterocycles. The lowest BCUT2D eigenvalue weighted by molar-refractivity contribution is 0.0772. The maximum absolute atomic E-state index is 10.2. The summed E-state index contributed by atoms with van der Waals surface area (Å²) in [6.07, 6.45) is 0.220. The normalized spacial score (nSPS) is 16.6. The summed E-state index contributed by atoms with van der Waals surface area (Å²) in [5.74, 6) is 0.572. The van der Waals surface area contributed by atoms with Gasteiger partial charge in [-0.2, -0.15) is 0 Å². The molecule has 3 atom stereocenters. The molecule has 3 nitrogen and oxygen atoms in total. The molecule has 108 valence electrons. The smallest absolute Gasteiger partial charge is 0.0820 e. The van der Waals surface area contributed by atoms with Gasteiger partial charge in [0.1, 0.15) is 0 Å². The molecule has 0 bridgehead atoms. The van der Waals surface area contributed by atoms with Gasteiger partial charge in [-0.05, 0) is 31.9 Å². The van der Waals surface area contributed by atoms with Gasteiger partial charge in [0, 0.05) is 18.6 Å². The third-order valence-electron chi connectivity index (χ3n) is 3.94. The summed E-state index contributed by atoms with van der Waals surface area (Å²) in [6.45, 7) is 7.18. The molecule has 1 rings (SSSR count). The maximum atomic E-state index is 10.2. The molecule has 0 amide bonds. The van der Waals surface area contributed by atoms with Crippen LogP contribution >= 0.6 is 0 Å². The van der Waals surface area contributed by atoms with Crippen molar-refractivity contribution >= 4 is 0 Å². The van der Waals surface area contributed by atoms with Gasteiger partial charge >= 0.3 is 0 Å². The van der Waals surface area contributed by atoms with E-state index in [2.05, 4.69) is 25.7 Å². The van der Waals surface area contributed by atoms with Crippen molar-refractivity contribution in [3.8, 4) is 0 Å². The minimum Gasteiger partial charge on any atom is -0.390 e. The Morgan fingerprint density at radius 1 is 1.16 bits per heavy atom. The van der Waals surface area contributed by atoms with Crippen molar-refractivity contribution in [3.63, 3.8) is 0 Å². The van der Waals surface area contributed by atoms with Gasteiger partial charge in [0.25, 0.3) is 0 Å². The Morgan fingerprint density at radius 2 is 1.74 bits per heavy atom. The predicted octanol–water partition coefficient (Wildman–Crippen LogP) is 1.89. The molecule has 0 aliphatic rings. The first kappa shape index (κ1) is 16.2. The number of hydrogen-bond donors (Lipinski definition) is 2. The fourth-order valence-electron chi connectivity index (χ4n) is 2.13. The summed E-state index contributed by atoms with van der Waals surface area (Å²) in [5, 5.41) is 10.2. The zero-order valence-electron chi connectivity index (χ0n) is 12.6. The molecule has 1 aromatic carbocycles. The number of hydrogen-bond acceptors (Lipinski definition) is 3. The van der Waals surface area contributed by atoms with Crippen LogP contribution < -0.4 is 5.73 Å². The summed E-state index contributed by atoms with van der Waals surface area (Å²) in [7, 11) is 2.04. The quantitative estimate of drug-likeness (QED) is 0.791. The summed E-state index contributed by atoms with van der Waals surface area (Å²) < 4.78 is 0. The lowest BCUT2D eigenvalue weighted by Gasteiger charge is -2.31. The Balaban J connectivity index is 2.46. The van der Waals surface area contributed by atoms with Crippen molar-refractivity contribution in [1.82, 2.24) is 4.90 Å². The SMILES string of the molecule is CC(C)C(C)N(C)CC(O)C(N)Cc1ccccc1. The van der Waals surface area contributed by atoms with Crippen LogP contribution in [0.2, 0.25) is 0 Å². The molecule has 0 fully saturated rings. The third-order valence-corrected chi connectivity index (χ3v) is 3.94. The van der Waals surface area contributed by atoms with Crippen LogP contribution in [-0.2, 0) is 6.42 Å². The molecule has 0 aliphatic carbocycles. The van der Waals surface area contributed by atoms with E-state index in [-0.39, 0.29) is 6.04 Å². The highest BCUT2D eigenvalue weighted by molar-refractivity contribution is 5.16. The zero-order valence-corrected chi connectivity index (χ0v) is 12.6. The van der Waals surface area contributed by atoms with E-state index < -0.39 is 6.10 Å². The average molecular weight is 264 g/mol. The molecule has 1 aromatic rings. The van der Waals surface area contributed by atoms with E-state index in [1.165, 1.54) is 5.56 Å². The topological polar surface area (TPSA) is 49.5 Å². The second-order valence-corrected chi connectivity index (χ2v) is 5.85. The molecule has 0 heterocycles. The Morgan fingerprint density at radius 3 is 2.26 bits per heavy atom. The number of aliphatic hydroxyl groups excluding tert-OH is 1. The first-order chi connectivity index (χ1) is 8.91.